The molecule has 0 amide bonds. The second-order valence-electron chi connectivity index (χ2n) is 7.46. The van der Waals surface area contributed by atoms with Gasteiger partial charge in [0.15, 0.2) is 0 Å². The minimum Gasteiger partial charge on any atom is -0.488 e. The van der Waals surface area contributed by atoms with Gasteiger partial charge in [0.25, 0.3) is 0 Å². The van der Waals surface area contributed by atoms with Crippen LogP contribution in [0.2, 0.25) is 0 Å². The van der Waals surface area contributed by atoms with Gasteiger partial charge in [0.05, 0.1) is 11.3 Å². The molecule has 0 unspecified atom stereocenters. The molecule has 0 atom stereocenters. The smallest absolute Gasteiger partial charge is 0.336 e. The lowest BCUT2D eigenvalue weighted by Crippen LogP contribution is -2.20. The number of carboxylic acids is 1. The van der Waals surface area contributed by atoms with Crippen molar-refractivity contribution in [2.75, 3.05) is 4.90 Å². The first-order valence-electron chi connectivity index (χ1n) is 10.2. The fourth-order valence-corrected chi connectivity index (χ4v) is 3.87. The Morgan fingerprint density at radius 3 is 2.44 bits per heavy atom. The summed E-state index contributed by atoms with van der Waals surface area (Å²) in [6.45, 7) is 10.2. The van der Waals surface area contributed by atoms with Crippen LogP contribution in [0.1, 0.15) is 40.9 Å². The molecule has 1 N–H and O–H groups in total. The molecule has 0 bridgehead atoms. The highest BCUT2D eigenvalue weighted by atomic mass is 79.9. The van der Waals surface area contributed by atoms with Gasteiger partial charge in [-0.3, -0.25) is 0 Å². The highest BCUT2D eigenvalue weighted by Crippen LogP contribution is 2.37. The Hall–Kier alpha value is -3.31. The van der Waals surface area contributed by atoms with Crippen molar-refractivity contribution in [2.24, 2.45) is 0 Å². The number of carbonyl (C=O) groups is 1. The van der Waals surface area contributed by atoms with Crippen LogP contribution in [0.15, 0.2) is 89.6 Å². The van der Waals surface area contributed by atoms with Gasteiger partial charge in [-0.25, -0.2) is 4.79 Å². The van der Waals surface area contributed by atoms with Gasteiger partial charge in [0.2, 0.25) is 0 Å². The van der Waals surface area contributed by atoms with Crippen molar-refractivity contribution in [2.45, 2.75) is 27.4 Å². The number of nitrogens with zero attached hydrogens (tertiary/aromatic N) is 1. The Bertz CT molecular complexity index is 1170. The lowest BCUT2D eigenvalue weighted by atomic mass is 10.0. The molecule has 0 radical (unpaired) electrons. The van der Waals surface area contributed by atoms with Crippen molar-refractivity contribution >= 4 is 33.3 Å². The van der Waals surface area contributed by atoms with E-state index in [4.69, 9.17) is 4.74 Å². The third-order valence-corrected chi connectivity index (χ3v) is 5.55. The number of anilines is 1. The molecule has 0 aliphatic rings. The summed E-state index contributed by atoms with van der Waals surface area (Å²) in [5.41, 5.74) is 5.25. The van der Waals surface area contributed by atoms with E-state index in [-0.39, 0.29) is 5.56 Å². The molecule has 0 saturated heterocycles. The minimum atomic E-state index is -0.956. The van der Waals surface area contributed by atoms with Crippen molar-refractivity contribution < 1.29 is 14.6 Å². The van der Waals surface area contributed by atoms with E-state index in [1.165, 1.54) is 0 Å². The van der Waals surface area contributed by atoms with E-state index in [1.54, 1.807) is 13.0 Å². The van der Waals surface area contributed by atoms with Crippen LogP contribution in [0.3, 0.4) is 0 Å². The highest BCUT2D eigenvalue weighted by Gasteiger charge is 2.20. The molecular formula is C27H26BrNO3. The van der Waals surface area contributed by atoms with Crippen molar-refractivity contribution in [3.63, 3.8) is 0 Å². The van der Waals surface area contributed by atoms with Crippen LogP contribution in [-0.2, 0) is 6.61 Å². The molecule has 3 aromatic rings. The van der Waals surface area contributed by atoms with Crippen LogP contribution in [0.25, 0.3) is 5.70 Å². The van der Waals surface area contributed by atoms with Crippen LogP contribution < -0.4 is 9.64 Å². The maximum Gasteiger partial charge on any atom is 0.336 e. The lowest BCUT2D eigenvalue weighted by Gasteiger charge is -2.29. The van der Waals surface area contributed by atoms with Crippen molar-refractivity contribution in [1.29, 1.82) is 0 Å². The predicted molar refractivity (Wildman–Crippen MR) is 134 cm³/mol. The number of hydrogen-bond acceptors (Lipinski definition) is 3. The first-order valence-corrected chi connectivity index (χ1v) is 11.0. The number of halogens is 1. The van der Waals surface area contributed by atoms with E-state index in [0.717, 1.165) is 38.4 Å². The number of ether oxygens (including phenoxy) is 1. The summed E-state index contributed by atoms with van der Waals surface area (Å²) >= 11 is 3.57. The van der Waals surface area contributed by atoms with Gasteiger partial charge < -0.3 is 14.7 Å². The Morgan fingerprint density at radius 1 is 1.09 bits per heavy atom. The number of carboxylic acid groups (broad SMARTS) is 1. The molecule has 164 valence electrons. The molecule has 0 fully saturated rings. The first kappa shape index (κ1) is 23.4. The minimum absolute atomic E-state index is 0.263. The van der Waals surface area contributed by atoms with Gasteiger partial charge in [-0.15, -0.1) is 0 Å². The Kier molecular flexibility index (Phi) is 7.54. The predicted octanol–water partition coefficient (Wildman–Crippen LogP) is 7.44. The first-order chi connectivity index (χ1) is 15.3. The van der Waals surface area contributed by atoms with Crippen LogP contribution in [-0.4, -0.2) is 11.1 Å². The van der Waals surface area contributed by atoms with Gasteiger partial charge >= 0.3 is 5.97 Å². The summed E-state index contributed by atoms with van der Waals surface area (Å²) in [4.78, 5) is 13.7. The fourth-order valence-electron chi connectivity index (χ4n) is 3.51. The van der Waals surface area contributed by atoms with Gasteiger partial charge in [-0.05, 0) is 62.2 Å². The number of aryl methyl sites for hydroxylation is 1. The maximum atomic E-state index is 11.7. The summed E-state index contributed by atoms with van der Waals surface area (Å²) in [5, 5.41) is 9.60. The number of aromatic carboxylic acids is 1. The highest BCUT2D eigenvalue weighted by molar-refractivity contribution is 9.10. The monoisotopic (exact) mass is 491 g/mol. The van der Waals surface area contributed by atoms with Gasteiger partial charge in [-0.1, -0.05) is 65.0 Å². The lowest BCUT2D eigenvalue weighted by molar-refractivity contribution is 0.0696. The van der Waals surface area contributed by atoms with Gasteiger partial charge in [-0.2, -0.15) is 0 Å². The fraction of sp³-hybridized carbons (Fsp3) is 0.148. The van der Waals surface area contributed by atoms with E-state index in [1.807, 2.05) is 85.5 Å². The number of benzene rings is 3. The molecule has 32 heavy (non-hydrogen) atoms. The van der Waals surface area contributed by atoms with Crippen molar-refractivity contribution in [3.8, 4) is 5.75 Å². The Balaban J connectivity index is 2.05. The summed E-state index contributed by atoms with van der Waals surface area (Å²) in [5.74, 6) is -0.232. The molecule has 0 aromatic heterocycles. The quantitative estimate of drug-likeness (QED) is 0.355. The molecule has 4 nitrogen and oxygen atoms in total. The molecule has 3 aromatic carbocycles. The molecule has 0 aliphatic heterocycles. The zero-order chi connectivity index (χ0) is 23.3. The molecule has 0 aliphatic carbocycles. The van der Waals surface area contributed by atoms with Gasteiger partial charge in [0.1, 0.15) is 12.4 Å². The second kappa shape index (κ2) is 10.3. The number of allylic oxidation sites excluding steroid dienone is 2. The summed E-state index contributed by atoms with van der Waals surface area (Å²) in [6, 6.07) is 21.3. The largest absolute Gasteiger partial charge is 0.488 e. The SMILES string of the molecule is C=C(C)N(/C(=C\C)c1cc(Br)ccc1OCc1ccccc1)c1ccc(C)c(C(=O)O)c1. The van der Waals surface area contributed by atoms with Crippen molar-refractivity contribution in [1.82, 2.24) is 0 Å². The van der Waals surface area contributed by atoms with Crippen LogP contribution in [0.4, 0.5) is 5.69 Å². The third-order valence-electron chi connectivity index (χ3n) is 5.06. The van der Waals surface area contributed by atoms with Crippen molar-refractivity contribution in [3.05, 3.63) is 112 Å². The summed E-state index contributed by atoms with van der Waals surface area (Å²) in [7, 11) is 0. The standard InChI is InChI=1S/C27H26BrNO3/c1-5-25(29(18(2)3)22-13-11-19(4)23(16-22)27(30)31)24-15-21(28)12-14-26(24)32-17-20-9-7-6-8-10-20/h5-16H,2,17H2,1,3-4H3,(H,30,31)/b25-5-. The third kappa shape index (κ3) is 5.29. The maximum absolute atomic E-state index is 11.7. The molecule has 0 heterocycles. The number of hydrogen-bond donors (Lipinski definition) is 1. The molecule has 0 saturated carbocycles. The second-order valence-corrected chi connectivity index (χ2v) is 8.38. The Labute approximate surface area is 197 Å². The van der Waals surface area contributed by atoms with E-state index in [0.29, 0.717) is 12.2 Å². The van der Waals surface area contributed by atoms with E-state index < -0.39 is 5.97 Å². The zero-order valence-electron chi connectivity index (χ0n) is 18.4. The Morgan fingerprint density at radius 2 is 1.81 bits per heavy atom. The van der Waals surface area contributed by atoms with E-state index in [2.05, 4.69) is 22.5 Å². The zero-order valence-corrected chi connectivity index (χ0v) is 20.0. The van der Waals surface area contributed by atoms with Gasteiger partial charge in [0, 0.05) is 21.4 Å². The summed E-state index contributed by atoms with van der Waals surface area (Å²) < 4.78 is 7.11. The molecule has 3 rings (SSSR count). The van der Waals surface area contributed by atoms with Crippen LogP contribution >= 0.6 is 15.9 Å². The van der Waals surface area contributed by atoms with Crippen LogP contribution in [0.5, 0.6) is 5.75 Å². The van der Waals surface area contributed by atoms with Crippen LogP contribution in [0, 0.1) is 6.92 Å². The molecular weight excluding hydrogens is 466 g/mol. The molecule has 5 heteroatoms. The average Bonchev–Trinajstić information content (AvgIpc) is 2.77. The summed E-state index contributed by atoms with van der Waals surface area (Å²) in [6.07, 6.45) is 1.98. The van der Waals surface area contributed by atoms with E-state index >= 15 is 0 Å². The topological polar surface area (TPSA) is 49.8 Å². The molecule has 0 spiro atoms. The number of rotatable bonds is 8. The normalized spacial score (nSPS) is 11.2. The average molecular weight is 492 g/mol. The van der Waals surface area contributed by atoms with E-state index in [9.17, 15) is 9.90 Å².